The van der Waals surface area contributed by atoms with E-state index in [0.717, 1.165) is 11.1 Å². The molecule has 0 spiro atoms. The molecular formula is C26H25N5O3S. The first kappa shape index (κ1) is 23.9. The second-order valence-corrected chi connectivity index (χ2v) is 8.52. The molecule has 0 aliphatic carbocycles. The molecule has 0 aliphatic rings. The summed E-state index contributed by atoms with van der Waals surface area (Å²) in [6.45, 7) is 2.33. The maximum Gasteiger partial charge on any atom is 0.320 e. The normalized spacial score (nSPS) is 11.3. The first-order valence-corrected chi connectivity index (χ1v) is 12.0. The van der Waals surface area contributed by atoms with Crippen LogP contribution in [0.4, 0.5) is 15.6 Å². The molecule has 3 amide bonds. The number of urea groups is 1. The van der Waals surface area contributed by atoms with E-state index >= 15 is 0 Å². The van der Waals surface area contributed by atoms with E-state index in [1.807, 2.05) is 73.7 Å². The maximum atomic E-state index is 13.2. The fourth-order valence-electron chi connectivity index (χ4n) is 3.39. The van der Waals surface area contributed by atoms with Crippen LogP contribution in [0.5, 0.6) is 5.75 Å². The molecule has 0 saturated carbocycles. The number of ether oxygens (including phenoxy) is 1. The zero-order chi connectivity index (χ0) is 24.5. The van der Waals surface area contributed by atoms with Crippen LogP contribution in [-0.2, 0) is 11.2 Å². The van der Waals surface area contributed by atoms with Crippen LogP contribution < -0.4 is 20.7 Å². The van der Waals surface area contributed by atoms with Crippen molar-refractivity contribution < 1.29 is 14.3 Å². The summed E-state index contributed by atoms with van der Waals surface area (Å²) >= 11 is 1.27. The van der Waals surface area contributed by atoms with Gasteiger partial charge in [0.2, 0.25) is 11.0 Å². The summed E-state index contributed by atoms with van der Waals surface area (Å²) in [5, 5.41) is 17.7. The molecule has 3 N–H and O–H groups in total. The molecule has 178 valence electrons. The van der Waals surface area contributed by atoms with Gasteiger partial charge in [0.1, 0.15) is 16.8 Å². The lowest BCUT2D eigenvalue weighted by molar-refractivity contribution is -0.117. The molecule has 8 nitrogen and oxygen atoms in total. The summed E-state index contributed by atoms with van der Waals surface area (Å²) in [6.07, 6.45) is 0.303. The molecule has 0 bridgehead atoms. The Kier molecular flexibility index (Phi) is 8.03. The van der Waals surface area contributed by atoms with Crippen molar-refractivity contribution in [2.45, 2.75) is 19.4 Å². The van der Waals surface area contributed by atoms with Crippen molar-refractivity contribution in [3.05, 3.63) is 90.5 Å². The Labute approximate surface area is 207 Å². The molecule has 0 radical (unpaired) electrons. The van der Waals surface area contributed by atoms with Gasteiger partial charge in [-0.15, -0.1) is 10.2 Å². The second-order valence-electron chi connectivity index (χ2n) is 7.54. The molecule has 9 heteroatoms. The molecule has 3 aromatic carbocycles. The zero-order valence-electron chi connectivity index (χ0n) is 19.1. The van der Waals surface area contributed by atoms with E-state index in [4.69, 9.17) is 4.74 Å². The van der Waals surface area contributed by atoms with Gasteiger partial charge in [0.25, 0.3) is 0 Å². The summed E-state index contributed by atoms with van der Waals surface area (Å²) in [5.41, 5.74) is 2.34. The van der Waals surface area contributed by atoms with Crippen molar-refractivity contribution in [3.63, 3.8) is 0 Å². The van der Waals surface area contributed by atoms with Crippen molar-refractivity contribution in [1.29, 1.82) is 0 Å². The van der Waals surface area contributed by atoms with Gasteiger partial charge in [-0.05, 0) is 24.6 Å². The maximum absolute atomic E-state index is 13.2. The fraction of sp³-hybridized carbons (Fsp3) is 0.154. The fourth-order valence-corrected chi connectivity index (χ4v) is 4.14. The first-order chi connectivity index (χ1) is 17.1. The van der Waals surface area contributed by atoms with Crippen LogP contribution in [0.15, 0.2) is 84.9 Å². The summed E-state index contributed by atoms with van der Waals surface area (Å²) in [6, 6.07) is 24.9. The molecule has 35 heavy (non-hydrogen) atoms. The van der Waals surface area contributed by atoms with Crippen LogP contribution in [0, 0.1) is 0 Å². The summed E-state index contributed by atoms with van der Waals surface area (Å²) in [7, 11) is 0. The Hall–Kier alpha value is -4.24. The smallest absolute Gasteiger partial charge is 0.320 e. The molecule has 0 aliphatic heterocycles. The van der Waals surface area contributed by atoms with Crippen LogP contribution in [0.2, 0.25) is 0 Å². The van der Waals surface area contributed by atoms with E-state index in [1.54, 1.807) is 18.2 Å². The van der Waals surface area contributed by atoms with E-state index in [2.05, 4.69) is 26.1 Å². The Morgan fingerprint density at radius 1 is 0.886 bits per heavy atom. The van der Waals surface area contributed by atoms with Gasteiger partial charge in [-0.25, -0.2) is 4.79 Å². The average Bonchev–Trinajstić information content (AvgIpc) is 3.34. The second kappa shape index (κ2) is 11.8. The third-order valence-electron chi connectivity index (χ3n) is 5.02. The molecule has 4 aromatic rings. The number of carbonyl (C=O) groups excluding carboxylic acids is 2. The van der Waals surface area contributed by atoms with Crippen LogP contribution in [0.1, 0.15) is 12.5 Å². The number of rotatable bonds is 9. The van der Waals surface area contributed by atoms with Crippen LogP contribution >= 0.6 is 11.3 Å². The van der Waals surface area contributed by atoms with Gasteiger partial charge in [0, 0.05) is 12.0 Å². The molecule has 0 fully saturated rings. The first-order valence-electron chi connectivity index (χ1n) is 11.2. The largest absolute Gasteiger partial charge is 0.492 e. The number of nitrogens with zero attached hydrogens (tertiary/aromatic N) is 2. The van der Waals surface area contributed by atoms with E-state index in [1.165, 1.54) is 11.3 Å². The molecule has 4 rings (SSSR count). The van der Waals surface area contributed by atoms with Gasteiger partial charge in [-0.3, -0.25) is 10.1 Å². The SMILES string of the molecule is CCOc1ccccc1NC(=O)NC(Cc1ccccc1)C(=O)Nc1nnc(-c2ccccc2)s1. The van der Waals surface area contributed by atoms with Gasteiger partial charge < -0.3 is 15.4 Å². The minimum Gasteiger partial charge on any atom is -0.492 e. The Bertz CT molecular complexity index is 1260. The monoisotopic (exact) mass is 487 g/mol. The highest BCUT2D eigenvalue weighted by molar-refractivity contribution is 7.18. The third kappa shape index (κ3) is 6.64. The standard InChI is InChI=1S/C26H25N5O3S/c1-2-34-22-16-10-9-15-20(22)27-25(33)28-21(17-18-11-5-3-6-12-18)23(32)29-26-31-30-24(35-26)19-13-7-4-8-14-19/h3-16,21H,2,17H2,1H3,(H2,27,28,33)(H,29,31,32). The minimum absolute atomic E-state index is 0.303. The number of hydrogen-bond donors (Lipinski definition) is 3. The number of nitrogens with one attached hydrogen (secondary N) is 3. The zero-order valence-corrected chi connectivity index (χ0v) is 19.9. The number of para-hydroxylation sites is 2. The van der Waals surface area contributed by atoms with Crippen molar-refractivity contribution in [2.75, 3.05) is 17.2 Å². The topological polar surface area (TPSA) is 105 Å². The highest BCUT2D eigenvalue weighted by Gasteiger charge is 2.23. The van der Waals surface area contributed by atoms with Crippen LogP contribution in [0.25, 0.3) is 10.6 Å². The van der Waals surface area contributed by atoms with Crippen molar-refractivity contribution in [3.8, 4) is 16.3 Å². The third-order valence-corrected chi connectivity index (χ3v) is 5.90. The van der Waals surface area contributed by atoms with Crippen LogP contribution in [0.3, 0.4) is 0 Å². The predicted octanol–water partition coefficient (Wildman–Crippen LogP) is 4.98. The van der Waals surface area contributed by atoms with E-state index in [0.29, 0.717) is 34.6 Å². The summed E-state index contributed by atoms with van der Waals surface area (Å²) in [4.78, 5) is 26.0. The van der Waals surface area contributed by atoms with Crippen molar-refractivity contribution in [2.24, 2.45) is 0 Å². The highest BCUT2D eigenvalue weighted by Crippen LogP contribution is 2.26. The Morgan fingerprint density at radius 3 is 2.31 bits per heavy atom. The Balaban J connectivity index is 1.48. The van der Waals surface area contributed by atoms with E-state index in [9.17, 15) is 9.59 Å². The number of carbonyl (C=O) groups is 2. The number of benzene rings is 3. The average molecular weight is 488 g/mol. The van der Waals surface area contributed by atoms with Crippen molar-refractivity contribution in [1.82, 2.24) is 15.5 Å². The molecule has 1 unspecified atom stereocenters. The predicted molar refractivity (Wildman–Crippen MR) is 138 cm³/mol. The summed E-state index contributed by atoms with van der Waals surface area (Å²) < 4.78 is 5.57. The lowest BCUT2D eigenvalue weighted by atomic mass is 10.1. The van der Waals surface area contributed by atoms with Gasteiger partial charge in [-0.2, -0.15) is 0 Å². The Morgan fingerprint density at radius 2 is 1.57 bits per heavy atom. The van der Waals surface area contributed by atoms with Crippen molar-refractivity contribution >= 4 is 34.1 Å². The van der Waals surface area contributed by atoms with Gasteiger partial charge in [-0.1, -0.05) is 84.1 Å². The molecule has 1 aromatic heterocycles. The highest BCUT2D eigenvalue weighted by atomic mass is 32.1. The quantitative estimate of drug-likeness (QED) is 0.309. The number of aromatic nitrogens is 2. The molecule has 0 saturated heterocycles. The summed E-state index contributed by atoms with van der Waals surface area (Å²) in [5.74, 6) is 0.161. The minimum atomic E-state index is -0.847. The molecule has 1 heterocycles. The lowest BCUT2D eigenvalue weighted by Gasteiger charge is -2.19. The van der Waals surface area contributed by atoms with Crippen LogP contribution in [-0.4, -0.2) is 34.8 Å². The van der Waals surface area contributed by atoms with E-state index < -0.39 is 18.0 Å². The number of amides is 3. The number of anilines is 2. The van der Waals surface area contributed by atoms with Gasteiger partial charge >= 0.3 is 6.03 Å². The van der Waals surface area contributed by atoms with E-state index in [-0.39, 0.29) is 0 Å². The lowest BCUT2D eigenvalue weighted by Crippen LogP contribution is -2.47. The van der Waals surface area contributed by atoms with Gasteiger partial charge in [0.05, 0.1) is 12.3 Å². The molecule has 1 atom stereocenters. The number of hydrogen-bond acceptors (Lipinski definition) is 6. The molecular weight excluding hydrogens is 462 g/mol. The van der Waals surface area contributed by atoms with Gasteiger partial charge in [0.15, 0.2) is 0 Å².